The molecule has 37 heavy (non-hydrogen) atoms. The Morgan fingerprint density at radius 1 is 1.11 bits per heavy atom. The van der Waals surface area contributed by atoms with Crippen LogP contribution in [-0.4, -0.2) is 75.0 Å². The monoisotopic (exact) mass is 548 g/mol. The highest BCUT2D eigenvalue weighted by atomic mass is 35.5. The smallest absolute Gasteiger partial charge is 0.328 e. The minimum atomic E-state index is -0.921. The van der Waals surface area contributed by atoms with Gasteiger partial charge in [0, 0.05) is 20.0 Å². The molecule has 1 heterocycles. The topological polar surface area (TPSA) is 109 Å². The van der Waals surface area contributed by atoms with Gasteiger partial charge in [0.1, 0.15) is 24.2 Å². The molecule has 2 amide bonds. The number of esters is 1. The van der Waals surface area contributed by atoms with Crippen LogP contribution in [0.15, 0.2) is 47.5 Å². The number of amidine groups is 1. The van der Waals surface area contributed by atoms with E-state index in [-0.39, 0.29) is 34.5 Å². The summed E-state index contributed by atoms with van der Waals surface area (Å²) in [4.78, 5) is 42.4. The zero-order valence-corrected chi connectivity index (χ0v) is 22.3. The van der Waals surface area contributed by atoms with Crippen LogP contribution in [0.1, 0.15) is 28.8 Å². The van der Waals surface area contributed by atoms with Crippen molar-refractivity contribution < 1.29 is 23.9 Å². The number of carbonyl (C=O) groups excluding carboxylic acids is 3. The van der Waals surface area contributed by atoms with E-state index < -0.39 is 17.9 Å². The molecular weight excluding hydrogens is 519 g/mol. The molecule has 2 aromatic carbocycles. The van der Waals surface area contributed by atoms with E-state index in [4.69, 9.17) is 32.7 Å². The molecule has 2 N–H and O–H groups in total. The minimum Gasteiger partial charge on any atom is -0.494 e. The Morgan fingerprint density at radius 3 is 2.46 bits per heavy atom. The zero-order chi connectivity index (χ0) is 26.8. The summed E-state index contributed by atoms with van der Waals surface area (Å²) in [6.07, 6.45) is 1.96. The van der Waals surface area contributed by atoms with Crippen LogP contribution in [0, 0.1) is 0 Å². The molecule has 0 aliphatic carbocycles. The van der Waals surface area contributed by atoms with Gasteiger partial charge in [0.2, 0.25) is 5.91 Å². The summed E-state index contributed by atoms with van der Waals surface area (Å²) in [5, 5.41) is 6.31. The number of rotatable bonds is 11. The molecule has 198 valence electrons. The lowest BCUT2D eigenvalue weighted by Crippen LogP contribution is -2.44. The summed E-state index contributed by atoms with van der Waals surface area (Å²) in [5.74, 6) is 0.419. The number of hydrogen-bond donors (Lipinski definition) is 2. The average Bonchev–Trinajstić information content (AvgIpc) is 2.88. The predicted molar refractivity (Wildman–Crippen MR) is 143 cm³/mol. The lowest BCUT2D eigenvalue weighted by atomic mass is 10.0. The van der Waals surface area contributed by atoms with Crippen molar-refractivity contribution in [3.63, 3.8) is 0 Å². The first-order valence-electron chi connectivity index (χ1n) is 11.8. The fraction of sp³-hybridized carbons (Fsp3) is 0.385. The number of likely N-dealkylation sites (N-methyl/N-ethyl adjacent to an activating group) is 1. The summed E-state index contributed by atoms with van der Waals surface area (Å²) in [6, 6.07) is 11.1. The number of methoxy groups -OCH3 is 1. The normalized spacial score (nSPS) is 14.0. The molecule has 2 aromatic rings. The second-order valence-corrected chi connectivity index (χ2v) is 9.30. The van der Waals surface area contributed by atoms with E-state index in [1.54, 1.807) is 30.1 Å². The van der Waals surface area contributed by atoms with Gasteiger partial charge >= 0.3 is 5.97 Å². The molecule has 0 bridgehead atoms. The molecule has 1 aliphatic rings. The number of unbranched alkanes of at least 4 members (excludes halogenated alkanes) is 1. The quantitative estimate of drug-likeness (QED) is 0.330. The molecular formula is C26H30Cl2N4O5. The fourth-order valence-electron chi connectivity index (χ4n) is 3.65. The van der Waals surface area contributed by atoms with Crippen LogP contribution in [0.4, 0.5) is 0 Å². The maximum Gasteiger partial charge on any atom is 0.328 e. The van der Waals surface area contributed by atoms with Gasteiger partial charge in [0.05, 0.1) is 35.9 Å². The highest BCUT2D eigenvalue weighted by Gasteiger charge is 2.25. The number of aliphatic imine (C=N–C) groups is 1. The SMILES string of the molecule is COC(=O)[C@H](Cc1ccc(OCCCCNC2=NCC(=O)N(C)C2)cc1)NC(=O)c1c(Cl)cccc1Cl. The number of halogens is 2. The highest BCUT2D eigenvalue weighted by molar-refractivity contribution is 6.39. The number of nitrogens with zero attached hydrogens (tertiary/aromatic N) is 2. The molecule has 0 unspecified atom stereocenters. The molecule has 0 saturated heterocycles. The maximum atomic E-state index is 12.7. The Bertz CT molecular complexity index is 1120. The fourth-order valence-corrected chi connectivity index (χ4v) is 4.22. The van der Waals surface area contributed by atoms with Crippen molar-refractivity contribution in [3.8, 4) is 5.75 Å². The minimum absolute atomic E-state index is 0.0255. The van der Waals surface area contributed by atoms with E-state index in [0.717, 1.165) is 30.8 Å². The molecule has 0 fully saturated rings. The van der Waals surface area contributed by atoms with Crippen molar-refractivity contribution in [1.82, 2.24) is 15.5 Å². The maximum absolute atomic E-state index is 12.7. The van der Waals surface area contributed by atoms with E-state index in [1.807, 2.05) is 24.3 Å². The molecule has 0 aromatic heterocycles. The summed E-state index contributed by atoms with van der Waals surface area (Å²) < 4.78 is 10.7. The van der Waals surface area contributed by atoms with Gasteiger partial charge in [-0.05, 0) is 42.7 Å². The van der Waals surface area contributed by atoms with E-state index in [9.17, 15) is 14.4 Å². The van der Waals surface area contributed by atoms with Crippen molar-refractivity contribution in [2.24, 2.45) is 4.99 Å². The third kappa shape index (κ3) is 8.36. The van der Waals surface area contributed by atoms with Crippen LogP contribution < -0.4 is 15.4 Å². The van der Waals surface area contributed by atoms with Crippen LogP contribution in [0.25, 0.3) is 0 Å². The summed E-state index contributed by atoms with van der Waals surface area (Å²) in [5.41, 5.74) is 0.919. The Hall–Kier alpha value is -3.30. The largest absolute Gasteiger partial charge is 0.494 e. The van der Waals surface area contributed by atoms with E-state index in [0.29, 0.717) is 18.9 Å². The Labute approximate surface area is 226 Å². The van der Waals surface area contributed by atoms with Gasteiger partial charge in [-0.25, -0.2) is 4.79 Å². The van der Waals surface area contributed by atoms with Crippen LogP contribution >= 0.6 is 23.2 Å². The van der Waals surface area contributed by atoms with E-state index >= 15 is 0 Å². The lowest BCUT2D eigenvalue weighted by molar-refractivity contribution is -0.142. The summed E-state index contributed by atoms with van der Waals surface area (Å²) in [7, 11) is 3.03. The molecule has 0 saturated carbocycles. The van der Waals surface area contributed by atoms with Crippen molar-refractivity contribution in [3.05, 3.63) is 63.6 Å². The van der Waals surface area contributed by atoms with Gasteiger partial charge in [-0.15, -0.1) is 0 Å². The van der Waals surface area contributed by atoms with Gasteiger partial charge < -0.3 is 25.0 Å². The number of ether oxygens (including phenoxy) is 2. The third-order valence-corrected chi connectivity index (χ3v) is 6.36. The van der Waals surface area contributed by atoms with Gasteiger partial charge in [-0.3, -0.25) is 14.6 Å². The Balaban J connectivity index is 1.45. The number of benzene rings is 2. The van der Waals surface area contributed by atoms with Gasteiger partial charge in [0.25, 0.3) is 5.91 Å². The van der Waals surface area contributed by atoms with Crippen molar-refractivity contribution in [2.45, 2.75) is 25.3 Å². The zero-order valence-electron chi connectivity index (χ0n) is 20.8. The molecule has 0 spiro atoms. The second-order valence-electron chi connectivity index (χ2n) is 8.49. The standard InChI is InChI=1S/C26H30Cl2N4O5/c1-32-16-22(30-15-23(32)33)29-12-3-4-13-37-18-10-8-17(9-11-18)14-21(26(35)36-2)31-25(34)24-19(27)6-5-7-20(24)28/h5-11,21H,3-4,12-16H2,1-2H3,(H,29,30)(H,31,34)/t21-/m0/s1. The van der Waals surface area contributed by atoms with Crippen LogP contribution in [0.5, 0.6) is 5.75 Å². The van der Waals surface area contributed by atoms with Crippen LogP contribution in [0.2, 0.25) is 10.0 Å². The number of amides is 2. The number of hydrogen-bond acceptors (Lipinski definition) is 7. The molecule has 9 nitrogen and oxygen atoms in total. The number of carbonyl (C=O) groups is 3. The van der Waals surface area contributed by atoms with Crippen molar-refractivity contribution >= 4 is 46.8 Å². The van der Waals surface area contributed by atoms with Gasteiger partial charge in [0.15, 0.2) is 0 Å². The van der Waals surface area contributed by atoms with Crippen LogP contribution in [0.3, 0.4) is 0 Å². The summed E-state index contributed by atoms with van der Waals surface area (Å²) >= 11 is 12.2. The Kier molecular flexibility index (Phi) is 10.6. The third-order valence-electron chi connectivity index (χ3n) is 5.73. The van der Waals surface area contributed by atoms with Crippen molar-refractivity contribution in [1.29, 1.82) is 0 Å². The van der Waals surface area contributed by atoms with Gasteiger partial charge in [-0.1, -0.05) is 41.4 Å². The molecule has 1 atom stereocenters. The summed E-state index contributed by atoms with van der Waals surface area (Å²) in [6.45, 7) is 2.00. The molecule has 0 radical (unpaired) electrons. The molecule has 11 heteroatoms. The lowest BCUT2D eigenvalue weighted by Gasteiger charge is -2.22. The predicted octanol–water partition coefficient (Wildman–Crippen LogP) is 3.13. The van der Waals surface area contributed by atoms with Crippen LogP contribution in [-0.2, 0) is 20.7 Å². The number of nitrogens with one attached hydrogen (secondary N) is 2. The first kappa shape index (κ1) is 28.3. The first-order valence-corrected chi connectivity index (χ1v) is 12.6. The van der Waals surface area contributed by atoms with Gasteiger partial charge in [-0.2, -0.15) is 0 Å². The average molecular weight is 549 g/mol. The highest BCUT2D eigenvalue weighted by Crippen LogP contribution is 2.24. The van der Waals surface area contributed by atoms with E-state index in [1.165, 1.54) is 7.11 Å². The second kappa shape index (κ2) is 13.9. The molecule has 3 rings (SSSR count). The van der Waals surface area contributed by atoms with Crippen molar-refractivity contribution in [2.75, 3.05) is 40.4 Å². The van der Waals surface area contributed by atoms with E-state index in [2.05, 4.69) is 15.6 Å². The Morgan fingerprint density at radius 2 is 1.81 bits per heavy atom. The first-order chi connectivity index (χ1) is 17.8. The molecule has 1 aliphatic heterocycles.